The zero-order chi connectivity index (χ0) is 16.4. The Morgan fingerprint density at radius 1 is 1.25 bits per heavy atom. The van der Waals surface area contributed by atoms with Gasteiger partial charge in [0.15, 0.2) is 11.6 Å². The lowest BCUT2D eigenvalue weighted by Gasteiger charge is -2.33. The standard InChI is InChI=1S/C17H22F2N2O2.ClH/c1-23-13-9-16(20-10-13)17(22)21-6-4-11(5-7-21)12-2-3-14(18)15(19)8-12;/h2-3,8,11,13,16,20H,4-7,9-10H2,1H3;1H/t13-,16-;/m0./s1. The lowest BCUT2D eigenvalue weighted by molar-refractivity contribution is -0.134. The zero-order valence-corrected chi connectivity index (χ0v) is 14.5. The van der Waals surface area contributed by atoms with Crippen LogP contribution in [-0.2, 0) is 9.53 Å². The molecule has 1 N–H and O–H groups in total. The Morgan fingerprint density at radius 2 is 1.96 bits per heavy atom. The fourth-order valence-corrected chi connectivity index (χ4v) is 3.49. The topological polar surface area (TPSA) is 41.6 Å². The molecule has 1 aromatic rings. The third-order valence-electron chi connectivity index (χ3n) is 4.94. The van der Waals surface area contributed by atoms with Crippen molar-refractivity contribution in [3.63, 3.8) is 0 Å². The molecule has 1 aromatic carbocycles. The molecule has 0 saturated carbocycles. The summed E-state index contributed by atoms with van der Waals surface area (Å²) in [5.74, 6) is -1.33. The first-order valence-electron chi connectivity index (χ1n) is 8.08. The third-order valence-corrected chi connectivity index (χ3v) is 4.94. The van der Waals surface area contributed by atoms with Crippen LogP contribution in [-0.4, -0.2) is 49.7 Å². The number of amides is 1. The van der Waals surface area contributed by atoms with E-state index in [9.17, 15) is 13.6 Å². The molecule has 0 radical (unpaired) electrons. The van der Waals surface area contributed by atoms with E-state index >= 15 is 0 Å². The molecule has 2 heterocycles. The molecule has 7 heteroatoms. The molecule has 0 unspecified atom stereocenters. The predicted octanol–water partition coefficient (Wildman–Crippen LogP) is 2.47. The second-order valence-corrected chi connectivity index (χ2v) is 6.33. The summed E-state index contributed by atoms with van der Waals surface area (Å²) < 4.78 is 31.7. The van der Waals surface area contributed by atoms with Crippen LogP contribution in [0.4, 0.5) is 8.78 Å². The first-order chi connectivity index (χ1) is 11.1. The number of nitrogens with zero attached hydrogens (tertiary/aromatic N) is 1. The van der Waals surface area contributed by atoms with E-state index in [1.165, 1.54) is 12.1 Å². The number of halogens is 3. The van der Waals surface area contributed by atoms with Crippen LogP contribution in [0.25, 0.3) is 0 Å². The number of carbonyl (C=O) groups is 1. The Bertz CT molecular complexity index is 580. The van der Waals surface area contributed by atoms with Crippen LogP contribution in [0.15, 0.2) is 18.2 Å². The molecule has 1 amide bonds. The number of ether oxygens (including phenoxy) is 1. The van der Waals surface area contributed by atoms with E-state index in [1.54, 1.807) is 13.2 Å². The van der Waals surface area contributed by atoms with E-state index in [-0.39, 0.29) is 36.4 Å². The van der Waals surface area contributed by atoms with E-state index < -0.39 is 11.6 Å². The van der Waals surface area contributed by atoms with Crippen LogP contribution in [0.5, 0.6) is 0 Å². The Labute approximate surface area is 147 Å². The number of hydrogen-bond acceptors (Lipinski definition) is 3. The monoisotopic (exact) mass is 360 g/mol. The van der Waals surface area contributed by atoms with Crippen molar-refractivity contribution < 1.29 is 18.3 Å². The lowest BCUT2D eigenvalue weighted by Crippen LogP contribution is -2.46. The maximum absolute atomic E-state index is 13.4. The fourth-order valence-electron chi connectivity index (χ4n) is 3.49. The van der Waals surface area contributed by atoms with E-state index in [2.05, 4.69) is 5.32 Å². The highest BCUT2D eigenvalue weighted by Crippen LogP contribution is 2.29. The van der Waals surface area contributed by atoms with Crippen molar-refractivity contribution >= 4 is 18.3 Å². The molecule has 2 fully saturated rings. The molecule has 4 nitrogen and oxygen atoms in total. The predicted molar refractivity (Wildman–Crippen MR) is 89.4 cm³/mol. The van der Waals surface area contributed by atoms with Crippen LogP contribution in [0, 0.1) is 11.6 Å². The van der Waals surface area contributed by atoms with Gasteiger partial charge in [0.25, 0.3) is 0 Å². The van der Waals surface area contributed by atoms with Crippen LogP contribution >= 0.6 is 12.4 Å². The minimum absolute atomic E-state index is 0. The van der Waals surface area contributed by atoms with E-state index in [0.29, 0.717) is 26.1 Å². The van der Waals surface area contributed by atoms with Crippen LogP contribution in [0.1, 0.15) is 30.7 Å². The number of likely N-dealkylation sites (tertiary alicyclic amines) is 1. The Hall–Kier alpha value is -1.24. The molecule has 0 bridgehead atoms. The second-order valence-electron chi connectivity index (χ2n) is 6.33. The van der Waals surface area contributed by atoms with Crippen molar-refractivity contribution in [2.24, 2.45) is 0 Å². The van der Waals surface area contributed by atoms with Crippen molar-refractivity contribution in [2.75, 3.05) is 26.7 Å². The van der Waals surface area contributed by atoms with Gasteiger partial charge >= 0.3 is 0 Å². The number of benzene rings is 1. The minimum Gasteiger partial charge on any atom is -0.380 e. The molecule has 0 aliphatic carbocycles. The largest absolute Gasteiger partial charge is 0.380 e. The molecule has 24 heavy (non-hydrogen) atoms. The maximum atomic E-state index is 13.4. The summed E-state index contributed by atoms with van der Waals surface area (Å²) in [4.78, 5) is 14.4. The maximum Gasteiger partial charge on any atom is 0.239 e. The van der Waals surface area contributed by atoms with Crippen molar-refractivity contribution in [3.05, 3.63) is 35.4 Å². The van der Waals surface area contributed by atoms with Gasteiger partial charge in [0, 0.05) is 26.7 Å². The molecule has 0 spiro atoms. The van der Waals surface area contributed by atoms with E-state index in [4.69, 9.17) is 4.74 Å². The van der Waals surface area contributed by atoms with E-state index in [1.807, 2.05) is 4.90 Å². The van der Waals surface area contributed by atoms with Crippen molar-refractivity contribution in [2.45, 2.75) is 37.3 Å². The number of carbonyl (C=O) groups excluding carboxylic acids is 1. The highest BCUT2D eigenvalue weighted by atomic mass is 35.5. The van der Waals surface area contributed by atoms with Crippen molar-refractivity contribution in [3.8, 4) is 0 Å². The Morgan fingerprint density at radius 3 is 2.54 bits per heavy atom. The fraction of sp³-hybridized carbons (Fsp3) is 0.588. The number of rotatable bonds is 3. The summed E-state index contributed by atoms with van der Waals surface area (Å²) in [6.45, 7) is 2.01. The molecule has 2 aliphatic heterocycles. The van der Waals surface area contributed by atoms with Gasteiger partial charge in [-0.3, -0.25) is 4.79 Å². The molecular formula is C17H23ClF2N2O2. The highest BCUT2D eigenvalue weighted by molar-refractivity contribution is 5.85. The first kappa shape index (κ1) is 19.1. The van der Waals surface area contributed by atoms with Gasteiger partial charge in [-0.1, -0.05) is 6.07 Å². The first-order valence-corrected chi connectivity index (χ1v) is 8.08. The molecule has 2 saturated heterocycles. The van der Waals surface area contributed by atoms with Gasteiger partial charge in [0.2, 0.25) is 5.91 Å². The lowest BCUT2D eigenvalue weighted by atomic mass is 9.89. The molecule has 3 rings (SSSR count). The zero-order valence-electron chi connectivity index (χ0n) is 13.6. The molecular weight excluding hydrogens is 338 g/mol. The number of nitrogens with one attached hydrogen (secondary N) is 1. The van der Waals surface area contributed by atoms with E-state index in [0.717, 1.165) is 18.4 Å². The van der Waals surface area contributed by atoms with Gasteiger partial charge < -0.3 is 15.0 Å². The molecule has 2 aliphatic rings. The number of piperidine rings is 1. The SMILES string of the molecule is CO[C@@H]1CN[C@H](C(=O)N2CCC(c3ccc(F)c(F)c3)CC2)C1.Cl. The third kappa shape index (κ3) is 4.05. The summed E-state index contributed by atoms with van der Waals surface area (Å²) in [6.07, 6.45) is 2.36. The van der Waals surface area contributed by atoms with Gasteiger partial charge in [-0.2, -0.15) is 0 Å². The average molecular weight is 361 g/mol. The van der Waals surface area contributed by atoms with Gasteiger partial charge in [-0.05, 0) is 42.9 Å². The van der Waals surface area contributed by atoms with Crippen LogP contribution in [0.3, 0.4) is 0 Å². The van der Waals surface area contributed by atoms with Gasteiger partial charge in [-0.25, -0.2) is 8.78 Å². The number of hydrogen-bond donors (Lipinski definition) is 1. The van der Waals surface area contributed by atoms with Crippen molar-refractivity contribution in [1.29, 1.82) is 0 Å². The van der Waals surface area contributed by atoms with Crippen LogP contribution < -0.4 is 5.32 Å². The normalized spacial score (nSPS) is 24.7. The second kappa shape index (κ2) is 8.23. The quantitative estimate of drug-likeness (QED) is 0.900. The summed E-state index contributed by atoms with van der Waals surface area (Å²) in [7, 11) is 1.66. The van der Waals surface area contributed by atoms with Gasteiger partial charge in [0.1, 0.15) is 0 Å². The summed E-state index contributed by atoms with van der Waals surface area (Å²) in [6, 6.07) is 3.93. The smallest absolute Gasteiger partial charge is 0.239 e. The summed E-state index contributed by atoms with van der Waals surface area (Å²) >= 11 is 0. The summed E-state index contributed by atoms with van der Waals surface area (Å²) in [5.41, 5.74) is 0.814. The Kier molecular flexibility index (Phi) is 6.54. The molecule has 134 valence electrons. The highest BCUT2D eigenvalue weighted by Gasteiger charge is 2.34. The van der Waals surface area contributed by atoms with Gasteiger partial charge in [-0.15, -0.1) is 12.4 Å². The molecule has 2 atom stereocenters. The molecule has 0 aromatic heterocycles. The average Bonchev–Trinajstić information content (AvgIpc) is 3.06. The van der Waals surface area contributed by atoms with Crippen LogP contribution in [0.2, 0.25) is 0 Å². The number of methoxy groups -OCH3 is 1. The summed E-state index contributed by atoms with van der Waals surface area (Å²) in [5, 5.41) is 3.20. The van der Waals surface area contributed by atoms with Crippen molar-refractivity contribution in [1.82, 2.24) is 10.2 Å². The Balaban J connectivity index is 0.00000208. The van der Waals surface area contributed by atoms with Gasteiger partial charge in [0.05, 0.1) is 12.1 Å². The minimum atomic E-state index is -0.818.